The van der Waals surface area contributed by atoms with Crippen molar-refractivity contribution < 1.29 is 31.1 Å². The number of ether oxygens (including phenoxy) is 1. The molecule has 12 heteroatoms. The molecule has 0 spiro atoms. The largest absolute Gasteiger partial charge is 0.476 e. The van der Waals surface area contributed by atoms with Gasteiger partial charge in [-0.2, -0.15) is 13.2 Å². The number of nitrogens with zero attached hydrogens (tertiary/aromatic N) is 4. The lowest BCUT2D eigenvalue weighted by molar-refractivity contribution is -0.142. The fourth-order valence-corrected chi connectivity index (χ4v) is 4.29. The van der Waals surface area contributed by atoms with E-state index in [1.165, 1.54) is 32.1 Å². The molecule has 0 N–H and O–H groups in total. The summed E-state index contributed by atoms with van der Waals surface area (Å²) in [6.45, 7) is 1.09. The molecule has 0 atom stereocenters. The van der Waals surface area contributed by atoms with E-state index in [9.17, 15) is 31.1 Å². The molecular weight excluding hydrogens is 514 g/mol. The number of alkyl halides is 5. The lowest BCUT2D eigenvalue weighted by Crippen LogP contribution is -2.25. The molecule has 206 valence electrons. The Morgan fingerprint density at radius 2 is 1.76 bits per heavy atom. The molecule has 0 bridgehead atoms. The minimum Gasteiger partial charge on any atom is -0.476 e. The molecule has 2 heterocycles. The Morgan fingerprint density at radius 3 is 2.42 bits per heavy atom. The average Bonchev–Trinajstić information content (AvgIpc) is 2.86. The number of aromatic nitrogens is 4. The van der Waals surface area contributed by atoms with E-state index in [1.807, 2.05) is 13.0 Å². The minimum atomic E-state index is -4.74. The highest BCUT2D eigenvalue weighted by Crippen LogP contribution is 2.35. The van der Waals surface area contributed by atoms with E-state index >= 15 is 0 Å². The molecule has 4 rings (SSSR count). The molecule has 3 aromatic rings. The van der Waals surface area contributed by atoms with Crippen LogP contribution in [0.3, 0.4) is 0 Å². The summed E-state index contributed by atoms with van der Waals surface area (Å²) in [5, 5.41) is 3.69. The SMILES string of the molecule is Cc1cccc(F)c1C1CCCCC1.O=c1ccc(OCCC(F)F)nn1Cc1nccnc1C(F)(F)F. The Kier molecular flexibility index (Phi) is 10.3. The van der Waals surface area contributed by atoms with Crippen molar-refractivity contribution in [3.8, 4) is 5.88 Å². The smallest absolute Gasteiger partial charge is 0.435 e. The third kappa shape index (κ3) is 8.29. The Labute approximate surface area is 215 Å². The first-order valence-electron chi connectivity index (χ1n) is 12.2. The molecule has 1 aliphatic rings. The second kappa shape index (κ2) is 13.4. The van der Waals surface area contributed by atoms with Gasteiger partial charge in [0.15, 0.2) is 5.69 Å². The van der Waals surface area contributed by atoms with E-state index in [0.717, 1.165) is 35.7 Å². The first-order valence-corrected chi connectivity index (χ1v) is 12.2. The van der Waals surface area contributed by atoms with Crippen molar-refractivity contribution >= 4 is 0 Å². The van der Waals surface area contributed by atoms with Crippen molar-refractivity contribution in [2.24, 2.45) is 0 Å². The van der Waals surface area contributed by atoms with Gasteiger partial charge in [-0.05, 0) is 42.9 Å². The van der Waals surface area contributed by atoms with E-state index in [-0.39, 0.29) is 18.3 Å². The Bertz CT molecular complexity index is 1220. The molecule has 0 amide bonds. The Morgan fingerprint density at radius 1 is 1.05 bits per heavy atom. The van der Waals surface area contributed by atoms with Crippen LogP contribution in [0.1, 0.15) is 67.0 Å². The van der Waals surface area contributed by atoms with Crippen molar-refractivity contribution in [2.45, 2.75) is 70.5 Å². The van der Waals surface area contributed by atoms with Crippen molar-refractivity contribution in [3.63, 3.8) is 0 Å². The third-order valence-corrected chi connectivity index (χ3v) is 6.05. The summed E-state index contributed by atoms with van der Waals surface area (Å²) >= 11 is 0. The number of benzene rings is 1. The summed E-state index contributed by atoms with van der Waals surface area (Å²) in [7, 11) is 0. The summed E-state index contributed by atoms with van der Waals surface area (Å²) < 4.78 is 82.0. The van der Waals surface area contributed by atoms with Crippen LogP contribution in [0.4, 0.5) is 26.3 Å². The van der Waals surface area contributed by atoms with Gasteiger partial charge in [0.05, 0.1) is 18.8 Å². The molecule has 0 aliphatic heterocycles. The van der Waals surface area contributed by atoms with Gasteiger partial charge in [-0.15, -0.1) is 5.10 Å². The molecule has 1 aromatic carbocycles. The van der Waals surface area contributed by atoms with E-state index in [2.05, 4.69) is 15.1 Å². The maximum absolute atomic E-state index is 13.6. The van der Waals surface area contributed by atoms with Crippen molar-refractivity contribution in [2.75, 3.05) is 6.61 Å². The zero-order valence-electron chi connectivity index (χ0n) is 20.7. The summed E-state index contributed by atoms with van der Waals surface area (Å²) in [4.78, 5) is 18.5. The molecule has 0 unspecified atom stereocenters. The summed E-state index contributed by atoms with van der Waals surface area (Å²) in [5.74, 6) is 0.314. The normalized spacial score (nSPS) is 14.2. The molecule has 1 saturated carbocycles. The summed E-state index contributed by atoms with van der Waals surface area (Å²) in [6, 6.07) is 7.57. The maximum Gasteiger partial charge on any atom is 0.435 e. The monoisotopic (exact) mass is 542 g/mol. The van der Waals surface area contributed by atoms with Crippen LogP contribution in [0.15, 0.2) is 47.5 Å². The highest BCUT2D eigenvalue weighted by Gasteiger charge is 2.36. The lowest BCUT2D eigenvalue weighted by atomic mass is 9.82. The number of halogens is 6. The van der Waals surface area contributed by atoms with Crippen LogP contribution in [0.5, 0.6) is 5.88 Å². The van der Waals surface area contributed by atoms with Gasteiger partial charge in [0, 0.05) is 30.9 Å². The van der Waals surface area contributed by atoms with E-state index in [1.54, 1.807) is 12.1 Å². The summed E-state index contributed by atoms with van der Waals surface area (Å²) in [5.41, 5.74) is -0.328. The van der Waals surface area contributed by atoms with Gasteiger partial charge in [0.1, 0.15) is 5.82 Å². The maximum atomic E-state index is 13.6. The highest BCUT2D eigenvalue weighted by molar-refractivity contribution is 5.31. The zero-order chi connectivity index (χ0) is 27.7. The first kappa shape index (κ1) is 29.1. The van der Waals surface area contributed by atoms with Gasteiger partial charge in [0.25, 0.3) is 5.56 Å². The van der Waals surface area contributed by atoms with Crippen LogP contribution in [-0.2, 0) is 12.7 Å². The zero-order valence-corrected chi connectivity index (χ0v) is 20.7. The van der Waals surface area contributed by atoms with Crippen LogP contribution < -0.4 is 10.3 Å². The number of hydrogen-bond acceptors (Lipinski definition) is 5. The fourth-order valence-electron chi connectivity index (χ4n) is 4.29. The predicted octanol–water partition coefficient (Wildman–Crippen LogP) is 6.32. The van der Waals surface area contributed by atoms with Crippen LogP contribution in [-0.4, -0.2) is 32.8 Å². The first-order chi connectivity index (χ1) is 18.1. The molecule has 38 heavy (non-hydrogen) atoms. The molecule has 0 radical (unpaired) electrons. The Hall–Kier alpha value is -3.44. The second-order valence-electron chi connectivity index (χ2n) is 8.85. The molecule has 0 saturated heterocycles. The molecule has 2 aromatic heterocycles. The van der Waals surface area contributed by atoms with Crippen LogP contribution in [0.25, 0.3) is 0 Å². The van der Waals surface area contributed by atoms with Crippen molar-refractivity contribution in [1.82, 2.24) is 19.7 Å². The quantitative estimate of drug-likeness (QED) is 0.327. The van der Waals surface area contributed by atoms with E-state index in [0.29, 0.717) is 10.6 Å². The third-order valence-electron chi connectivity index (χ3n) is 6.05. The van der Waals surface area contributed by atoms with Gasteiger partial charge in [-0.25, -0.2) is 22.8 Å². The second-order valence-corrected chi connectivity index (χ2v) is 8.85. The van der Waals surface area contributed by atoms with Gasteiger partial charge in [-0.1, -0.05) is 31.4 Å². The predicted molar refractivity (Wildman–Crippen MR) is 128 cm³/mol. The molecular formula is C26H28F6N4O2. The van der Waals surface area contributed by atoms with E-state index in [4.69, 9.17) is 4.74 Å². The van der Waals surface area contributed by atoms with Crippen LogP contribution >= 0.6 is 0 Å². The van der Waals surface area contributed by atoms with Gasteiger partial charge < -0.3 is 4.74 Å². The van der Waals surface area contributed by atoms with Gasteiger partial charge >= 0.3 is 6.18 Å². The lowest BCUT2D eigenvalue weighted by Gasteiger charge is -2.23. The number of rotatable bonds is 7. The van der Waals surface area contributed by atoms with Crippen molar-refractivity contribution in [1.29, 1.82) is 0 Å². The number of hydrogen-bond donors (Lipinski definition) is 0. The standard InChI is InChI=1S/C13H11F5N4O2.C13H17F/c14-9(15)3-6-24-10-1-2-11(23)22(21-10)7-8-12(13(16,17)18)20-5-4-19-8;1-10-6-5-9-12(14)13(10)11-7-3-2-4-8-11/h1-2,4-5,9H,3,6-7H2;5-6,9,11H,2-4,7-8H2,1H3. The minimum absolute atomic E-state index is 0.00287. The number of aryl methyl sites for hydroxylation is 1. The van der Waals surface area contributed by atoms with Gasteiger partial charge in [0.2, 0.25) is 12.3 Å². The van der Waals surface area contributed by atoms with Crippen LogP contribution in [0.2, 0.25) is 0 Å². The molecule has 1 fully saturated rings. The highest BCUT2D eigenvalue weighted by atomic mass is 19.4. The fraction of sp³-hybridized carbons (Fsp3) is 0.462. The van der Waals surface area contributed by atoms with E-state index < -0.39 is 42.5 Å². The van der Waals surface area contributed by atoms with Crippen molar-refractivity contribution in [3.05, 3.63) is 81.4 Å². The summed E-state index contributed by atoms with van der Waals surface area (Å²) in [6.07, 6.45) is 0.279. The molecule has 6 nitrogen and oxygen atoms in total. The van der Waals surface area contributed by atoms with Gasteiger partial charge in [-0.3, -0.25) is 9.78 Å². The topological polar surface area (TPSA) is 69.9 Å². The Balaban J connectivity index is 0.000000241. The average molecular weight is 543 g/mol. The van der Waals surface area contributed by atoms with Crippen LogP contribution in [0, 0.1) is 12.7 Å². The molecule has 1 aliphatic carbocycles.